The van der Waals surface area contributed by atoms with Crippen molar-refractivity contribution in [2.75, 3.05) is 19.0 Å². The molecule has 0 spiro atoms. The SMILES string of the molecule is C=Cc1ccc(COCC(=C)C(=O)OCCS)cc1. The van der Waals surface area contributed by atoms with E-state index in [1.807, 2.05) is 24.3 Å². The van der Waals surface area contributed by atoms with Crippen LogP contribution in [0.2, 0.25) is 0 Å². The molecular weight excluding hydrogens is 260 g/mol. The summed E-state index contributed by atoms with van der Waals surface area (Å²) in [7, 11) is 0. The first-order chi connectivity index (χ1) is 9.17. The maximum absolute atomic E-state index is 11.4. The highest BCUT2D eigenvalue weighted by atomic mass is 32.1. The summed E-state index contributed by atoms with van der Waals surface area (Å²) >= 11 is 3.95. The zero-order valence-corrected chi connectivity index (χ0v) is 11.7. The lowest BCUT2D eigenvalue weighted by molar-refractivity contribution is -0.139. The van der Waals surface area contributed by atoms with Gasteiger partial charge in [0.05, 0.1) is 18.8 Å². The van der Waals surface area contributed by atoms with Crippen LogP contribution < -0.4 is 0 Å². The van der Waals surface area contributed by atoms with E-state index in [2.05, 4.69) is 25.8 Å². The Morgan fingerprint density at radius 2 is 2.00 bits per heavy atom. The van der Waals surface area contributed by atoms with E-state index < -0.39 is 5.97 Å². The number of esters is 1. The standard InChI is InChI=1S/C15H18O3S/c1-3-13-4-6-14(7-5-13)11-17-10-12(2)15(16)18-8-9-19/h3-7,19H,1-2,8-11H2. The van der Waals surface area contributed by atoms with Crippen LogP contribution in [0.15, 0.2) is 43.0 Å². The fraction of sp³-hybridized carbons (Fsp3) is 0.267. The van der Waals surface area contributed by atoms with E-state index in [1.54, 1.807) is 6.08 Å². The van der Waals surface area contributed by atoms with Crippen LogP contribution in [-0.2, 0) is 20.9 Å². The van der Waals surface area contributed by atoms with Gasteiger partial charge in [-0.2, -0.15) is 12.6 Å². The number of rotatable bonds is 8. The Hall–Kier alpha value is -1.52. The molecule has 3 nitrogen and oxygen atoms in total. The van der Waals surface area contributed by atoms with Gasteiger partial charge in [-0.3, -0.25) is 0 Å². The smallest absolute Gasteiger partial charge is 0.335 e. The van der Waals surface area contributed by atoms with Crippen LogP contribution in [0.3, 0.4) is 0 Å². The van der Waals surface area contributed by atoms with Gasteiger partial charge in [-0.1, -0.05) is 43.5 Å². The van der Waals surface area contributed by atoms with E-state index in [0.29, 0.717) is 17.9 Å². The van der Waals surface area contributed by atoms with Crippen molar-refractivity contribution in [1.29, 1.82) is 0 Å². The summed E-state index contributed by atoms with van der Waals surface area (Å²) in [6, 6.07) is 7.83. The van der Waals surface area contributed by atoms with Crippen molar-refractivity contribution in [1.82, 2.24) is 0 Å². The van der Waals surface area contributed by atoms with Crippen molar-refractivity contribution in [3.63, 3.8) is 0 Å². The molecule has 0 fully saturated rings. The molecular formula is C15H18O3S. The van der Waals surface area contributed by atoms with Gasteiger partial charge in [0.2, 0.25) is 0 Å². The number of carbonyl (C=O) groups excluding carboxylic acids is 1. The zero-order valence-electron chi connectivity index (χ0n) is 10.8. The highest BCUT2D eigenvalue weighted by Gasteiger charge is 2.08. The van der Waals surface area contributed by atoms with Crippen LogP contribution in [0.25, 0.3) is 6.08 Å². The van der Waals surface area contributed by atoms with Crippen LogP contribution in [0.5, 0.6) is 0 Å². The highest BCUT2D eigenvalue weighted by molar-refractivity contribution is 7.80. The molecule has 102 valence electrons. The normalized spacial score (nSPS) is 9.95. The molecule has 0 radical (unpaired) electrons. The summed E-state index contributed by atoms with van der Waals surface area (Å²) in [6.07, 6.45) is 1.78. The van der Waals surface area contributed by atoms with Crippen LogP contribution in [-0.4, -0.2) is 24.9 Å². The van der Waals surface area contributed by atoms with Gasteiger partial charge in [0.25, 0.3) is 0 Å². The molecule has 0 aliphatic carbocycles. The molecule has 0 aliphatic heterocycles. The Balaban J connectivity index is 2.30. The second-order valence-electron chi connectivity index (χ2n) is 3.90. The molecule has 1 aromatic rings. The lowest BCUT2D eigenvalue weighted by Gasteiger charge is -2.07. The summed E-state index contributed by atoms with van der Waals surface area (Å²) in [5.74, 6) is 0.0614. The van der Waals surface area contributed by atoms with E-state index in [9.17, 15) is 4.79 Å². The molecule has 4 heteroatoms. The Labute approximate surface area is 119 Å². The number of hydrogen-bond acceptors (Lipinski definition) is 4. The average Bonchev–Trinajstić information content (AvgIpc) is 2.45. The first kappa shape index (κ1) is 15.5. The summed E-state index contributed by atoms with van der Waals surface area (Å²) in [4.78, 5) is 11.4. The predicted molar refractivity (Wildman–Crippen MR) is 80.1 cm³/mol. The maximum atomic E-state index is 11.4. The van der Waals surface area contributed by atoms with Crippen molar-refractivity contribution in [3.8, 4) is 0 Å². The fourth-order valence-corrected chi connectivity index (χ4v) is 1.43. The molecule has 19 heavy (non-hydrogen) atoms. The predicted octanol–water partition coefficient (Wildman–Crippen LogP) is 2.88. The number of hydrogen-bond donors (Lipinski definition) is 1. The minimum absolute atomic E-state index is 0.161. The third-order valence-corrected chi connectivity index (χ3v) is 2.56. The molecule has 0 heterocycles. The number of thiol groups is 1. The van der Waals surface area contributed by atoms with Crippen LogP contribution >= 0.6 is 12.6 Å². The molecule has 0 saturated carbocycles. The molecule has 0 N–H and O–H groups in total. The molecule has 1 aromatic carbocycles. The first-order valence-electron chi connectivity index (χ1n) is 5.92. The largest absolute Gasteiger partial charge is 0.461 e. The minimum Gasteiger partial charge on any atom is -0.461 e. The van der Waals surface area contributed by atoms with Crippen molar-refractivity contribution < 1.29 is 14.3 Å². The summed E-state index contributed by atoms with van der Waals surface area (Å²) in [5, 5.41) is 0. The Morgan fingerprint density at radius 3 is 2.58 bits per heavy atom. The Morgan fingerprint density at radius 1 is 1.32 bits per heavy atom. The van der Waals surface area contributed by atoms with Crippen molar-refractivity contribution in [2.24, 2.45) is 0 Å². The van der Waals surface area contributed by atoms with Crippen molar-refractivity contribution in [3.05, 3.63) is 54.1 Å². The van der Waals surface area contributed by atoms with E-state index in [-0.39, 0.29) is 13.2 Å². The monoisotopic (exact) mass is 278 g/mol. The highest BCUT2D eigenvalue weighted by Crippen LogP contribution is 2.07. The van der Waals surface area contributed by atoms with E-state index >= 15 is 0 Å². The molecule has 0 bridgehead atoms. The molecule has 0 atom stereocenters. The molecule has 0 aromatic heterocycles. The minimum atomic E-state index is -0.434. The van der Waals surface area contributed by atoms with Gasteiger partial charge in [0.15, 0.2) is 0 Å². The number of ether oxygens (including phenoxy) is 2. The van der Waals surface area contributed by atoms with E-state index in [4.69, 9.17) is 9.47 Å². The van der Waals surface area contributed by atoms with Gasteiger partial charge in [-0.15, -0.1) is 0 Å². The van der Waals surface area contributed by atoms with E-state index in [1.165, 1.54) is 0 Å². The molecule has 1 rings (SSSR count). The quantitative estimate of drug-likeness (QED) is 0.451. The van der Waals surface area contributed by atoms with Crippen LogP contribution in [0.1, 0.15) is 11.1 Å². The average molecular weight is 278 g/mol. The summed E-state index contributed by atoms with van der Waals surface area (Å²) in [6.45, 7) is 8.19. The zero-order chi connectivity index (χ0) is 14.1. The van der Waals surface area contributed by atoms with Crippen molar-refractivity contribution >= 4 is 24.7 Å². The Bertz CT molecular complexity index is 437. The van der Waals surface area contributed by atoms with Gasteiger partial charge in [-0.05, 0) is 11.1 Å². The third-order valence-electron chi connectivity index (χ3n) is 2.37. The van der Waals surface area contributed by atoms with E-state index in [0.717, 1.165) is 11.1 Å². The first-order valence-corrected chi connectivity index (χ1v) is 6.55. The molecule has 0 aliphatic rings. The summed E-state index contributed by atoms with van der Waals surface area (Å²) in [5.41, 5.74) is 2.40. The van der Waals surface area contributed by atoms with Crippen LogP contribution in [0.4, 0.5) is 0 Å². The molecule has 0 unspecified atom stereocenters. The number of benzene rings is 1. The summed E-state index contributed by atoms with van der Waals surface area (Å²) < 4.78 is 10.3. The van der Waals surface area contributed by atoms with Gasteiger partial charge < -0.3 is 9.47 Å². The third kappa shape index (κ3) is 5.77. The molecule has 0 saturated heterocycles. The topological polar surface area (TPSA) is 35.5 Å². The van der Waals surface area contributed by atoms with Crippen molar-refractivity contribution in [2.45, 2.75) is 6.61 Å². The van der Waals surface area contributed by atoms with Gasteiger partial charge in [0, 0.05) is 5.75 Å². The number of carbonyl (C=O) groups is 1. The fourth-order valence-electron chi connectivity index (χ4n) is 1.34. The Kier molecular flexibility index (Phi) is 7.00. The van der Waals surface area contributed by atoms with Gasteiger partial charge in [0.1, 0.15) is 6.61 Å². The second-order valence-corrected chi connectivity index (χ2v) is 4.35. The second kappa shape index (κ2) is 8.56. The lowest BCUT2D eigenvalue weighted by atomic mass is 10.1. The van der Waals surface area contributed by atoms with Gasteiger partial charge in [-0.25, -0.2) is 4.79 Å². The maximum Gasteiger partial charge on any atom is 0.335 e. The lowest BCUT2D eigenvalue weighted by Crippen LogP contribution is -2.13. The molecule has 0 amide bonds. The van der Waals surface area contributed by atoms with Crippen LogP contribution in [0, 0.1) is 0 Å². The van der Waals surface area contributed by atoms with Gasteiger partial charge >= 0.3 is 5.97 Å².